The Hall–Kier alpha value is -2.25. The van der Waals surface area contributed by atoms with Crippen molar-refractivity contribution in [1.29, 1.82) is 0 Å². The summed E-state index contributed by atoms with van der Waals surface area (Å²) in [5, 5.41) is 4.34. The van der Waals surface area contributed by atoms with Crippen LogP contribution in [0.3, 0.4) is 0 Å². The molecule has 0 radical (unpaired) electrons. The minimum atomic E-state index is -0.289. The van der Waals surface area contributed by atoms with Crippen LogP contribution in [0.25, 0.3) is 0 Å². The van der Waals surface area contributed by atoms with E-state index in [-0.39, 0.29) is 5.91 Å². The van der Waals surface area contributed by atoms with Gasteiger partial charge in [-0.25, -0.2) is 5.43 Å². The van der Waals surface area contributed by atoms with Gasteiger partial charge in [0, 0.05) is 31.2 Å². The van der Waals surface area contributed by atoms with Gasteiger partial charge in [0.05, 0.1) is 11.3 Å². The number of nitrogens with zero attached hydrogens (tertiary/aromatic N) is 3. The van der Waals surface area contributed by atoms with E-state index in [9.17, 15) is 4.79 Å². The van der Waals surface area contributed by atoms with Gasteiger partial charge in [0.2, 0.25) is 0 Å². The van der Waals surface area contributed by atoms with Crippen molar-refractivity contribution in [2.24, 2.45) is 5.10 Å². The van der Waals surface area contributed by atoms with E-state index in [0.29, 0.717) is 11.3 Å². The first-order valence-corrected chi connectivity index (χ1v) is 9.79. The smallest absolute Gasteiger partial charge is 0.272 e. The maximum atomic E-state index is 12.2. The lowest BCUT2D eigenvalue weighted by atomic mass is 10.1. The van der Waals surface area contributed by atoms with Gasteiger partial charge < -0.3 is 4.90 Å². The van der Waals surface area contributed by atoms with Crippen molar-refractivity contribution < 1.29 is 4.79 Å². The summed E-state index contributed by atoms with van der Waals surface area (Å²) < 4.78 is 0.831. The zero-order valence-electron chi connectivity index (χ0n) is 14.9. The summed E-state index contributed by atoms with van der Waals surface area (Å²) in [7, 11) is 0. The molecule has 0 saturated heterocycles. The maximum absolute atomic E-state index is 12.2. The van der Waals surface area contributed by atoms with Crippen molar-refractivity contribution in [3.8, 4) is 0 Å². The molecule has 0 atom stereocenters. The number of hydrogen-bond acceptors (Lipinski definition) is 5. The molecule has 2 rings (SSSR count). The molecular weight excluding hydrogens is 364 g/mol. The largest absolute Gasteiger partial charge is 0.358 e. The lowest BCUT2D eigenvalue weighted by Crippen LogP contribution is -2.28. The van der Waals surface area contributed by atoms with E-state index in [4.69, 9.17) is 12.2 Å². The Morgan fingerprint density at radius 1 is 1.15 bits per heavy atom. The van der Waals surface area contributed by atoms with Crippen molar-refractivity contribution in [2.45, 2.75) is 13.8 Å². The molecular formula is C19H22N4OS2. The van der Waals surface area contributed by atoms with Gasteiger partial charge in [-0.2, -0.15) is 5.10 Å². The Kier molecular flexibility index (Phi) is 8.24. The van der Waals surface area contributed by atoms with Crippen LogP contribution in [-0.4, -0.2) is 44.7 Å². The van der Waals surface area contributed by atoms with Crippen molar-refractivity contribution >= 4 is 39.9 Å². The highest BCUT2D eigenvalue weighted by Gasteiger charge is 2.11. The third-order valence-corrected chi connectivity index (χ3v) is 5.21. The van der Waals surface area contributed by atoms with Gasteiger partial charge >= 0.3 is 0 Å². The normalized spacial score (nSPS) is 11.1. The number of hydrogen-bond donors (Lipinski definition) is 1. The minimum Gasteiger partial charge on any atom is -0.358 e. The van der Waals surface area contributed by atoms with Crippen molar-refractivity contribution in [2.75, 3.05) is 18.8 Å². The average Bonchev–Trinajstić information content (AvgIpc) is 2.70. The van der Waals surface area contributed by atoms with Gasteiger partial charge in [0.15, 0.2) is 0 Å². The zero-order valence-corrected chi connectivity index (χ0v) is 16.5. The third-order valence-electron chi connectivity index (χ3n) is 3.68. The van der Waals surface area contributed by atoms with Gasteiger partial charge in [0.1, 0.15) is 4.32 Å². The van der Waals surface area contributed by atoms with E-state index in [1.807, 2.05) is 30.3 Å². The predicted molar refractivity (Wildman–Crippen MR) is 113 cm³/mol. The second-order valence-electron chi connectivity index (χ2n) is 5.33. The van der Waals surface area contributed by atoms with E-state index in [0.717, 1.165) is 28.7 Å². The van der Waals surface area contributed by atoms with E-state index in [1.54, 1.807) is 30.1 Å². The van der Waals surface area contributed by atoms with Crippen LogP contribution in [0.5, 0.6) is 0 Å². The summed E-state index contributed by atoms with van der Waals surface area (Å²) >= 11 is 7.04. The summed E-state index contributed by atoms with van der Waals surface area (Å²) in [5.41, 5.74) is 4.80. The second-order valence-corrected chi connectivity index (χ2v) is 6.94. The Bertz CT molecular complexity index is 747. The molecule has 0 fully saturated rings. The standard InChI is InChI=1S/C19H22N4OS2/c1-3-23(4-2)19(25)26-14-17(15-9-6-5-7-10-15)21-22-18(24)16-11-8-12-20-13-16/h5-13H,3-4,14H2,1-2H3,(H,22,24)/b21-17-. The van der Waals surface area contributed by atoms with Crippen LogP contribution in [0.1, 0.15) is 29.8 Å². The first-order chi connectivity index (χ1) is 12.7. The number of rotatable bonds is 7. The number of pyridine rings is 1. The number of hydrazone groups is 1. The van der Waals surface area contributed by atoms with Crippen LogP contribution in [0, 0.1) is 0 Å². The molecule has 1 amide bonds. The van der Waals surface area contributed by atoms with Crippen LogP contribution in [0.15, 0.2) is 60.0 Å². The number of carbonyl (C=O) groups excluding carboxylic acids is 1. The Morgan fingerprint density at radius 2 is 1.85 bits per heavy atom. The molecule has 0 aliphatic carbocycles. The highest BCUT2D eigenvalue weighted by Crippen LogP contribution is 2.13. The van der Waals surface area contributed by atoms with Crippen molar-refractivity contribution in [3.05, 3.63) is 66.0 Å². The fraction of sp³-hybridized carbons (Fsp3) is 0.263. The molecule has 5 nitrogen and oxygen atoms in total. The average molecular weight is 387 g/mol. The highest BCUT2D eigenvalue weighted by molar-refractivity contribution is 8.23. The number of thioether (sulfide) groups is 1. The predicted octanol–water partition coefficient (Wildman–Crippen LogP) is 3.58. The Balaban J connectivity index is 2.11. The van der Waals surface area contributed by atoms with E-state index in [1.165, 1.54) is 6.20 Å². The van der Waals surface area contributed by atoms with Crippen LogP contribution in [0.4, 0.5) is 0 Å². The molecule has 1 aromatic carbocycles. The van der Waals surface area contributed by atoms with Crippen LogP contribution in [-0.2, 0) is 0 Å². The van der Waals surface area contributed by atoms with E-state index < -0.39 is 0 Å². The molecule has 0 aliphatic rings. The van der Waals surface area contributed by atoms with Gasteiger partial charge in [-0.3, -0.25) is 9.78 Å². The fourth-order valence-electron chi connectivity index (χ4n) is 2.19. The summed E-state index contributed by atoms with van der Waals surface area (Å²) in [4.78, 5) is 18.3. The molecule has 1 heterocycles. The van der Waals surface area contributed by atoms with Gasteiger partial charge in [0.25, 0.3) is 5.91 Å². The molecule has 2 aromatic rings. The minimum absolute atomic E-state index is 0.289. The summed E-state index contributed by atoms with van der Waals surface area (Å²) in [6, 6.07) is 13.2. The monoisotopic (exact) mass is 386 g/mol. The highest BCUT2D eigenvalue weighted by atomic mass is 32.2. The van der Waals surface area contributed by atoms with Gasteiger partial charge in [-0.1, -0.05) is 54.3 Å². The molecule has 0 unspecified atom stereocenters. The van der Waals surface area contributed by atoms with Crippen molar-refractivity contribution in [3.63, 3.8) is 0 Å². The summed E-state index contributed by atoms with van der Waals surface area (Å²) in [5.74, 6) is 0.287. The first-order valence-electron chi connectivity index (χ1n) is 8.39. The topological polar surface area (TPSA) is 57.6 Å². The molecule has 7 heteroatoms. The Morgan fingerprint density at radius 3 is 2.46 bits per heavy atom. The Labute approximate surface area is 163 Å². The fourth-order valence-corrected chi connectivity index (χ4v) is 3.56. The molecule has 0 bridgehead atoms. The SMILES string of the molecule is CCN(CC)C(=S)SC/C(=N/NC(=O)c1cccnc1)c1ccccc1. The van der Waals surface area contributed by atoms with Crippen LogP contribution < -0.4 is 5.43 Å². The molecule has 0 spiro atoms. The number of nitrogens with one attached hydrogen (secondary N) is 1. The van der Waals surface area contributed by atoms with E-state index >= 15 is 0 Å². The molecule has 1 aromatic heterocycles. The lowest BCUT2D eigenvalue weighted by molar-refractivity contribution is 0.0954. The quantitative estimate of drug-likeness (QED) is 0.448. The number of carbonyl (C=O) groups is 1. The molecule has 1 N–H and O–H groups in total. The maximum Gasteiger partial charge on any atom is 0.272 e. The van der Waals surface area contributed by atoms with E-state index in [2.05, 4.69) is 34.3 Å². The number of benzene rings is 1. The first kappa shape index (κ1) is 20.1. The van der Waals surface area contributed by atoms with Crippen LogP contribution >= 0.6 is 24.0 Å². The van der Waals surface area contributed by atoms with Crippen LogP contribution in [0.2, 0.25) is 0 Å². The molecule has 136 valence electrons. The number of thiocarbonyl (C=S) groups is 1. The van der Waals surface area contributed by atoms with Gasteiger partial charge in [-0.05, 0) is 31.5 Å². The number of aromatic nitrogens is 1. The summed E-state index contributed by atoms with van der Waals surface area (Å²) in [6.45, 7) is 5.91. The molecule has 26 heavy (non-hydrogen) atoms. The van der Waals surface area contributed by atoms with Crippen molar-refractivity contribution in [1.82, 2.24) is 15.3 Å². The van der Waals surface area contributed by atoms with Gasteiger partial charge in [-0.15, -0.1) is 0 Å². The third kappa shape index (κ3) is 5.93. The summed E-state index contributed by atoms with van der Waals surface area (Å²) in [6.07, 6.45) is 3.14. The molecule has 0 saturated carbocycles. The zero-order chi connectivity index (χ0) is 18.8. The molecule has 0 aliphatic heterocycles. The second kappa shape index (κ2) is 10.7. The lowest BCUT2D eigenvalue weighted by Gasteiger charge is -2.21. The number of amides is 1.